The molecule has 0 bridgehead atoms. The molecule has 2 aromatic carbocycles. The van der Waals surface area contributed by atoms with Crippen LogP contribution in [0.2, 0.25) is 0 Å². The molecule has 0 radical (unpaired) electrons. The largest absolute Gasteiger partial charge is 0.497 e. The van der Waals surface area contributed by atoms with Crippen molar-refractivity contribution in [3.63, 3.8) is 0 Å². The highest BCUT2D eigenvalue weighted by molar-refractivity contribution is 6.24. The molecule has 0 aromatic heterocycles. The highest BCUT2D eigenvalue weighted by Gasteiger charge is 2.22. The number of benzene rings is 2. The molecule has 1 amide bonds. The number of methoxy groups -OCH3 is 1. The number of nitrogens with zero attached hydrogens (tertiary/aromatic N) is 3. The van der Waals surface area contributed by atoms with Gasteiger partial charge in [-0.25, -0.2) is 0 Å². The Bertz CT molecular complexity index is 1070. The van der Waals surface area contributed by atoms with Crippen LogP contribution in [0.5, 0.6) is 17.2 Å². The van der Waals surface area contributed by atoms with Crippen molar-refractivity contribution < 1.29 is 14.3 Å². The number of primary amides is 1. The number of likely N-dealkylation sites (tertiary alicyclic amines) is 1. The van der Waals surface area contributed by atoms with E-state index in [4.69, 9.17) is 31.9 Å². The highest BCUT2D eigenvalue weighted by atomic mass is 16.5. The molecule has 1 aliphatic rings. The van der Waals surface area contributed by atoms with Gasteiger partial charge in [-0.1, -0.05) is 6.07 Å². The van der Waals surface area contributed by atoms with Crippen LogP contribution in [0.3, 0.4) is 0 Å². The monoisotopic (exact) mass is 434 g/mol. The van der Waals surface area contributed by atoms with E-state index in [9.17, 15) is 4.79 Å². The van der Waals surface area contributed by atoms with Crippen molar-refractivity contribution >= 4 is 17.4 Å². The van der Waals surface area contributed by atoms with Crippen LogP contribution in [0.4, 0.5) is 0 Å². The van der Waals surface area contributed by atoms with Crippen LogP contribution >= 0.6 is 0 Å². The highest BCUT2D eigenvalue weighted by Crippen LogP contribution is 2.26. The molecule has 32 heavy (non-hydrogen) atoms. The smallest absolute Gasteiger partial charge is 0.254 e. The molecule has 2 aromatic rings. The van der Waals surface area contributed by atoms with Crippen molar-refractivity contribution in [1.82, 2.24) is 4.90 Å². The van der Waals surface area contributed by atoms with Crippen LogP contribution in [0.25, 0.3) is 5.70 Å². The average Bonchev–Trinajstić information content (AvgIpc) is 2.79. The number of ether oxygens (including phenoxy) is 2. The third kappa shape index (κ3) is 5.49. The molecule has 0 saturated carbocycles. The average molecular weight is 435 g/mol. The summed E-state index contributed by atoms with van der Waals surface area (Å²) in [5, 5.41) is 9.10. The first-order chi connectivity index (χ1) is 15.4. The van der Waals surface area contributed by atoms with Crippen LogP contribution in [0.1, 0.15) is 18.4 Å². The number of nitrogens with two attached hydrogens (primary N) is 3. The molecule has 3 rings (SSSR count). The summed E-state index contributed by atoms with van der Waals surface area (Å²) >= 11 is 0. The van der Waals surface area contributed by atoms with Gasteiger partial charge in [-0.15, -0.1) is 0 Å². The minimum absolute atomic E-state index is 0.0310. The molecule has 9 heteroatoms. The van der Waals surface area contributed by atoms with Crippen molar-refractivity contribution in [2.45, 2.75) is 18.9 Å². The van der Waals surface area contributed by atoms with E-state index in [-0.39, 0.29) is 23.1 Å². The van der Waals surface area contributed by atoms with E-state index in [0.29, 0.717) is 35.9 Å². The van der Waals surface area contributed by atoms with Gasteiger partial charge < -0.3 is 31.6 Å². The number of piperidine rings is 1. The lowest BCUT2D eigenvalue weighted by Crippen LogP contribution is -2.37. The Hall–Kier alpha value is -4.19. The van der Waals surface area contributed by atoms with Crippen LogP contribution in [-0.4, -0.2) is 42.9 Å². The minimum atomic E-state index is -0.770. The number of amides is 1. The number of carbonyl (C=O) groups excluding carboxylic acids is 1. The third-order valence-corrected chi connectivity index (χ3v) is 5.07. The van der Waals surface area contributed by atoms with Gasteiger partial charge in [-0.3, -0.25) is 9.79 Å². The summed E-state index contributed by atoms with van der Waals surface area (Å²) in [7, 11) is 1.59. The number of hydrogen-bond donors (Lipinski definition) is 3. The molecule has 9 nitrogen and oxygen atoms in total. The molecule has 1 saturated heterocycles. The fourth-order valence-corrected chi connectivity index (χ4v) is 3.46. The number of rotatable bonds is 7. The molecule has 0 aliphatic carbocycles. The predicted octanol–water partition coefficient (Wildman–Crippen LogP) is 1.95. The SMILES string of the molecule is COc1cccc(Oc2ccc(C(N)=C(C(N)=O)C(N)=NC3CCCN(C#N)C3)cc2)c1. The van der Waals surface area contributed by atoms with Crippen molar-refractivity contribution in [3.05, 3.63) is 59.7 Å². The molecule has 1 fully saturated rings. The lowest BCUT2D eigenvalue weighted by molar-refractivity contribution is -0.114. The molecule has 166 valence electrons. The topological polar surface area (TPSA) is 153 Å². The first kappa shape index (κ1) is 22.5. The van der Waals surface area contributed by atoms with Gasteiger partial charge in [0.05, 0.1) is 25.4 Å². The van der Waals surface area contributed by atoms with Gasteiger partial charge >= 0.3 is 0 Å². The number of carbonyl (C=O) groups is 1. The van der Waals surface area contributed by atoms with E-state index in [0.717, 1.165) is 12.8 Å². The van der Waals surface area contributed by atoms with Crippen molar-refractivity contribution in [1.29, 1.82) is 5.26 Å². The second-order valence-corrected chi connectivity index (χ2v) is 7.31. The predicted molar refractivity (Wildman–Crippen MR) is 122 cm³/mol. The van der Waals surface area contributed by atoms with E-state index in [1.165, 1.54) is 0 Å². The van der Waals surface area contributed by atoms with Gasteiger partial charge in [0.1, 0.15) is 28.7 Å². The van der Waals surface area contributed by atoms with E-state index >= 15 is 0 Å². The standard InChI is InChI=1S/C23H26N6O3/c1-31-18-5-2-6-19(12-18)32-17-9-7-15(8-10-17)21(25)20(23(27)30)22(26)28-16-4-3-11-29(13-16)14-24/h2,5-10,12,16H,3-4,11,13,25H2,1H3,(H2,26,28)(H2,27,30). The van der Waals surface area contributed by atoms with Gasteiger partial charge in [-0.2, -0.15) is 5.26 Å². The van der Waals surface area contributed by atoms with Gasteiger partial charge in [-0.05, 0) is 54.8 Å². The lowest BCUT2D eigenvalue weighted by Gasteiger charge is -2.26. The normalized spacial score (nSPS) is 17.2. The summed E-state index contributed by atoms with van der Waals surface area (Å²) in [5.41, 5.74) is 18.5. The van der Waals surface area contributed by atoms with Gasteiger partial charge in [0.2, 0.25) is 0 Å². The maximum Gasteiger partial charge on any atom is 0.254 e. The second-order valence-electron chi connectivity index (χ2n) is 7.31. The zero-order valence-corrected chi connectivity index (χ0v) is 17.8. The lowest BCUT2D eigenvalue weighted by atomic mass is 10.0. The minimum Gasteiger partial charge on any atom is -0.497 e. The summed E-state index contributed by atoms with van der Waals surface area (Å²) in [5.74, 6) is 1.08. The van der Waals surface area contributed by atoms with Crippen molar-refractivity contribution in [3.8, 4) is 23.4 Å². The Morgan fingerprint density at radius 1 is 1.12 bits per heavy atom. The summed E-state index contributed by atoms with van der Waals surface area (Å²) < 4.78 is 11.0. The van der Waals surface area contributed by atoms with Crippen LogP contribution < -0.4 is 26.7 Å². The van der Waals surface area contributed by atoms with Crippen LogP contribution in [0, 0.1) is 11.5 Å². The Morgan fingerprint density at radius 2 is 1.84 bits per heavy atom. The molecule has 1 atom stereocenters. The van der Waals surface area contributed by atoms with E-state index < -0.39 is 5.91 Å². The molecule has 1 aliphatic heterocycles. The maximum atomic E-state index is 12.1. The van der Waals surface area contributed by atoms with Gasteiger partial charge in [0.25, 0.3) is 5.91 Å². The third-order valence-electron chi connectivity index (χ3n) is 5.07. The molecule has 0 spiro atoms. The number of aliphatic imine (C=N–C) groups is 1. The fraction of sp³-hybridized carbons (Fsp3) is 0.261. The van der Waals surface area contributed by atoms with E-state index in [1.54, 1.807) is 42.3 Å². The number of nitriles is 1. The first-order valence-corrected chi connectivity index (χ1v) is 10.1. The summed E-state index contributed by atoms with van der Waals surface area (Å²) in [6.07, 6.45) is 3.69. The van der Waals surface area contributed by atoms with Crippen LogP contribution in [-0.2, 0) is 4.79 Å². The number of hydrogen-bond acceptors (Lipinski definition) is 7. The molecule has 1 unspecified atom stereocenters. The van der Waals surface area contributed by atoms with E-state index in [2.05, 4.69) is 11.2 Å². The van der Waals surface area contributed by atoms with Gasteiger partial charge in [0.15, 0.2) is 6.19 Å². The van der Waals surface area contributed by atoms with Crippen molar-refractivity contribution in [2.75, 3.05) is 20.2 Å². The first-order valence-electron chi connectivity index (χ1n) is 10.1. The maximum absolute atomic E-state index is 12.1. The van der Waals surface area contributed by atoms with Gasteiger partial charge in [0, 0.05) is 12.6 Å². The summed E-state index contributed by atoms with van der Waals surface area (Å²) in [4.78, 5) is 18.1. The quantitative estimate of drug-likeness (QED) is 0.260. The molecule has 1 heterocycles. The fourth-order valence-electron chi connectivity index (χ4n) is 3.46. The Balaban J connectivity index is 1.82. The Labute approximate surface area is 186 Å². The van der Waals surface area contributed by atoms with Crippen LogP contribution in [0.15, 0.2) is 59.1 Å². The zero-order valence-electron chi connectivity index (χ0n) is 17.8. The summed E-state index contributed by atoms with van der Waals surface area (Å²) in [6.45, 7) is 1.13. The van der Waals surface area contributed by atoms with Crippen molar-refractivity contribution in [2.24, 2.45) is 22.2 Å². The Morgan fingerprint density at radius 3 is 2.50 bits per heavy atom. The number of amidine groups is 1. The Kier molecular flexibility index (Phi) is 7.18. The van der Waals surface area contributed by atoms with E-state index in [1.807, 2.05) is 18.2 Å². The molecule has 6 N–H and O–H groups in total. The summed E-state index contributed by atoms with van der Waals surface area (Å²) in [6, 6.07) is 13.9. The molecular weight excluding hydrogens is 408 g/mol. The second kappa shape index (κ2) is 10.2. The zero-order chi connectivity index (χ0) is 23.1. The molecular formula is C23H26N6O3.